The van der Waals surface area contributed by atoms with Crippen LogP contribution in [0.3, 0.4) is 0 Å². The minimum absolute atomic E-state index is 0.0225. The number of carbonyl (C=O) groups excluding carboxylic acids is 1. The average molecular weight is 534 g/mol. The van der Waals surface area contributed by atoms with Crippen LogP contribution in [-0.4, -0.2) is 39.6 Å². The quantitative estimate of drug-likeness (QED) is 0.232. The Hall–Kier alpha value is -3.68. The Morgan fingerprint density at radius 3 is 2.03 bits per heavy atom. The number of hydrogen-bond donors (Lipinski definition) is 2. The smallest absolute Gasteiger partial charge is 0.335 e. The molecule has 0 saturated carbocycles. The predicted molar refractivity (Wildman–Crippen MR) is 150 cm³/mol. The van der Waals surface area contributed by atoms with Gasteiger partial charge >= 0.3 is 12.0 Å². The Labute approximate surface area is 225 Å². The topological polar surface area (TPSA) is 82.5 Å². The van der Waals surface area contributed by atoms with Crippen LogP contribution in [0.4, 0.5) is 9.93 Å². The van der Waals surface area contributed by atoms with Gasteiger partial charge in [-0.05, 0) is 43.5 Å². The number of thiazole rings is 1. The number of amides is 2. The number of rotatable bonds is 9. The number of aromatic nitrogens is 1. The molecule has 6 nitrogen and oxygen atoms in total. The molecule has 0 aliphatic rings. The van der Waals surface area contributed by atoms with Crippen LogP contribution in [-0.2, 0) is 0 Å². The van der Waals surface area contributed by atoms with Gasteiger partial charge in [0.05, 0.1) is 5.56 Å². The highest BCUT2D eigenvalue weighted by molar-refractivity contribution is 7.20. The van der Waals surface area contributed by atoms with Gasteiger partial charge in [-0.15, -0.1) is 0 Å². The molecule has 0 bridgehead atoms. The van der Waals surface area contributed by atoms with E-state index < -0.39 is 5.97 Å². The number of aromatic carboxylic acids is 1. The van der Waals surface area contributed by atoms with Gasteiger partial charge in [0.15, 0.2) is 5.13 Å². The maximum Gasteiger partial charge on any atom is 0.335 e. The first kappa shape index (κ1) is 26.4. The van der Waals surface area contributed by atoms with E-state index in [-0.39, 0.29) is 23.6 Å². The van der Waals surface area contributed by atoms with Crippen molar-refractivity contribution < 1.29 is 14.7 Å². The molecule has 0 radical (unpaired) electrons. The molecule has 190 valence electrons. The Balaban J connectivity index is 1.48. The first-order chi connectivity index (χ1) is 17.8. The number of benzene rings is 3. The van der Waals surface area contributed by atoms with Crippen LogP contribution in [0.2, 0.25) is 4.34 Å². The predicted octanol–water partition coefficient (Wildman–Crippen LogP) is 7.63. The van der Waals surface area contributed by atoms with E-state index in [0.29, 0.717) is 27.3 Å². The number of carboxylic acid groups (broad SMARTS) is 1. The minimum atomic E-state index is -1.00. The number of carbonyl (C=O) groups is 2. The Kier molecular flexibility index (Phi) is 8.58. The number of nitrogens with zero attached hydrogens (tertiary/aromatic N) is 2. The summed E-state index contributed by atoms with van der Waals surface area (Å²) in [6.45, 7) is 4.54. The van der Waals surface area contributed by atoms with Gasteiger partial charge in [-0.3, -0.25) is 5.32 Å². The normalized spacial score (nSPS) is 11.1. The van der Waals surface area contributed by atoms with Crippen LogP contribution in [0.15, 0.2) is 84.9 Å². The number of nitrogens with one attached hydrogen (secondary N) is 1. The lowest BCUT2D eigenvalue weighted by Crippen LogP contribution is -2.41. The first-order valence-electron chi connectivity index (χ1n) is 12.0. The van der Waals surface area contributed by atoms with E-state index in [1.807, 2.05) is 50.2 Å². The summed E-state index contributed by atoms with van der Waals surface area (Å²) in [5, 5.41) is 12.4. The van der Waals surface area contributed by atoms with Crippen molar-refractivity contribution in [3.8, 4) is 11.3 Å². The molecule has 1 heterocycles. The van der Waals surface area contributed by atoms with Crippen LogP contribution < -0.4 is 5.32 Å². The van der Waals surface area contributed by atoms with E-state index in [0.717, 1.165) is 6.42 Å². The van der Waals surface area contributed by atoms with Crippen molar-refractivity contribution >= 4 is 40.1 Å². The van der Waals surface area contributed by atoms with Gasteiger partial charge in [0, 0.05) is 24.1 Å². The Bertz CT molecular complexity index is 1300. The zero-order chi connectivity index (χ0) is 26.4. The molecule has 0 spiro atoms. The molecule has 3 aromatic carbocycles. The lowest BCUT2D eigenvalue weighted by Gasteiger charge is -2.29. The molecule has 0 saturated heterocycles. The zero-order valence-corrected chi connectivity index (χ0v) is 22.2. The van der Waals surface area contributed by atoms with Crippen molar-refractivity contribution in [1.82, 2.24) is 9.88 Å². The summed E-state index contributed by atoms with van der Waals surface area (Å²) in [6, 6.07) is 26.7. The fourth-order valence-electron chi connectivity index (χ4n) is 4.23. The Morgan fingerprint density at radius 1 is 0.946 bits per heavy atom. The molecule has 0 fully saturated rings. The lowest BCUT2D eigenvalue weighted by molar-refractivity contribution is 0.0697. The highest BCUT2D eigenvalue weighted by atomic mass is 35.5. The monoisotopic (exact) mass is 533 g/mol. The van der Waals surface area contributed by atoms with Gasteiger partial charge in [-0.2, -0.15) is 0 Å². The molecule has 0 unspecified atom stereocenters. The van der Waals surface area contributed by atoms with Crippen molar-refractivity contribution in [3.05, 3.63) is 106 Å². The summed E-state index contributed by atoms with van der Waals surface area (Å²) >= 11 is 7.60. The van der Waals surface area contributed by atoms with E-state index in [1.165, 1.54) is 34.6 Å². The van der Waals surface area contributed by atoms with Crippen molar-refractivity contribution in [2.24, 2.45) is 0 Å². The fourth-order valence-corrected chi connectivity index (χ4v) is 5.30. The van der Waals surface area contributed by atoms with Gasteiger partial charge in [0.2, 0.25) is 0 Å². The molecular weight excluding hydrogens is 506 g/mol. The molecule has 37 heavy (non-hydrogen) atoms. The first-order valence-corrected chi connectivity index (χ1v) is 13.2. The molecule has 0 aliphatic heterocycles. The highest BCUT2D eigenvalue weighted by Gasteiger charge is 2.23. The van der Waals surface area contributed by atoms with Gasteiger partial charge < -0.3 is 10.0 Å². The molecule has 0 aliphatic carbocycles. The summed E-state index contributed by atoms with van der Waals surface area (Å²) in [5.41, 5.74) is 3.79. The SMILES string of the molecule is CC(C)N(CCC(c1ccccc1)c1ccccc1)C(=O)Nc1nc(-c2ccc(C(=O)O)cc2)c(Cl)s1. The van der Waals surface area contributed by atoms with E-state index in [9.17, 15) is 9.59 Å². The molecule has 8 heteroatoms. The highest BCUT2D eigenvalue weighted by Crippen LogP contribution is 2.35. The summed E-state index contributed by atoms with van der Waals surface area (Å²) in [5.74, 6) is -0.842. The standard InChI is InChI=1S/C29H28ClN3O3S/c1-19(2)33(18-17-24(20-9-5-3-6-10-20)21-11-7-4-8-12-21)29(36)32-28-31-25(26(30)37-28)22-13-15-23(16-14-22)27(34)35/h3-16,19,24H,17-18H2,1-2H3,(H,34,35)(H,31,32,36). The third-order valence-corrected chi connectivity index (χ3v) is 7.32. The third kappa shape index (κ3) is 6.56. The number of carboxylic acids is 1. The fraction of sp³-hybridized carbons (Fsp3) is 0.207. The molecule has 4 aromatic rings. The molecule has 4 rings (SSSR count). The summed E-state index contributed by atoms with van der Waals surface area (Å²) < 4.78 is 0.419. The number of anilines is 1. The molecule has 2 N–H and O–H groups in total. The van der Waals surface area contributed by atoms with Gasteiger partial charge in [0.25, 0.3) is 0 Å². The van der Waals surface area contributed by atoms with Crippen LogP contribution in [0.1, 0.15) is 47.7 Å². The maximum atomic E-state index is 13.3. The summed E-state index contributed by atoms with van der Waals surface area (Å²) in [6.07, 6.45) is 0.763. The van der Waals surface area contributed by atoms with Crippen molar-refractivity contribution in [2.45, 2.75) is 32.2 Å². The van der Waals surface area contributed by atoms with Crippen LogP contribution in [0.25, 0.3) is 11.3 Å². The molecular formula is C29H28ClN3O3S. The summed E-state index contributed by atoms with van der Waals surface area (Å²) in [4.78, 5) is 30.7. The van der Waals surface area contributed by atoms with E-state index in [1.54, 1.807) is 17.0 Å². The second-order valence-electron chi connectivity index (χ2n) is 8.90. The van der Waals surface area contributed by atoms with Crippen molar-refractivity contribution in [1.29, 1.82) is 0 Å². The van der Waals surface area contributed by atoms with E-state index in [2.05, 4.69) is 34.6 Å². The lowest BCUT2D eigenvalue weighted by atomic mass is 9.88. The second-order valence-corrected chi connectivity index (χ2v) is 10.5. The molecule has 2 amide bonds. The van der Waals surface area contributed by atoms with Gasteiger partial charge in [-0.1, -0.05) is 95.7 Å². The second kappa shape index (κ2) is 12.0. The molecule has 0 atom stereocenters. The molecule has 1 aromatic heterocycles. The van der Waals surface area contributed by atoms with Crippen LogP contribution in [0, 0.1) is 0 Å². The number of urea groups is 1. The van der Waals surface area contributed by atoms with E-state index in [4.69, 9.17) is 16.7 Å². The average Bonchev–Trinajstić information content (AvgIpc) is 3.27. The van der Waals surface area contributed by atoms with Gasteiger partial charge in [-0.25, -0.2) is 14.6 Å². The van der Waals surface area contributed by atoms with Crippen LogP contribution >= 0.6 is 22.9 Å². The zero-order valence-electron chi connectivity index (χ0n) is 20.6. The third-order valence-electron chi connectivity index (χ3n) is 6.15. The Morgan fingerprint density at radius 2 is 1.51 bits per heavy atom. The van der Waals surface area contributed by atoms with E-state index >= 15 is 0 Å². The number of hydrogen-bond acceptors (Lipinski definition) is 4. The van der Waals surface area contributed by atoms with Crippen molar-refractivity contribution in [3.63, 3.8) is 0 Å². The summed E-state index contributed by atoms with van der Waals surface area (Å²) in [7, 11) is 0. The number of halogens is 1. The van der Waals surface area contributed by atoms with Gasteiger partial charge in [0.1, 0.15) is 10.0 Å². The largest absolute Gasteiger partial charge is 0.478 e. The van der Waals surface area contributed by atoms with Crippen LogP contribution in [0.5, 0.6) is 0 Å². The minimum Gasteiger partial charge on any atom is -0.478 e. The maximum absolute atomic E-state index is 13.3. The van der Waals surface area contributed by atoms with Crippen molar-refractivity contribution in [2.75, 3.05) is 11.9 Å².